The van der Waals surface area contributed by atoms with Crippen LogP contribution in [0.15, 0.2) is 18.2 Å². The monoisotopic (exact) mass is 256 g/mol. The molecule has 0 spiro atoms. The number of β-amino-alcohol motifs (C(OH)–C–C–N with tert-alkyl or cyclic N) is 2. The molecule has 5 nitrogen and oxygen atoms in total. The van der Waals surface area contributed by atoms with Gasteiger partial charge in [-0.25, -0.2) is 0 Å². The van der Waals surface area contributed by atoms with E-state index in [1.807, 2.05) is 0 Å². The van der Waals surface area contributed by atoms with Crippen molar-refractivity contribution < 1.29 is 15.0 Å². The van der Waals surface area contributed by atoms with Crippen LogP contribution < -0.4 is 5.73 Å². The molecule has 1 fully saturated rings. The maximum atomic E-state index is 12.1. The van der Waals surface area contributed by atoms with Crippen molar-refractivity contribution in [3.8, 4) is 0 Å². The molecule has 17 heavy (non-hydrogen) atoms. The second kappa shape index (κ2) is 4.52. The molecular weight excluding hydrogens is 244 g/mol. The number of benzene rings is 1. The van der Waals surface area contributed by atoms with Gasteiger partial charge < -0.3 is 20.8 Å². The Morgan fingerprint density at radius 1 is 1.35 bits per heavy atom. The second-order valence-corrected chi connectivity index (χ2v) is 4.51. The number of nitrogens with zero attached hydrogens (tertiary/aromatic N) is 1. The van der Waals surface area contributed by atoms with E-state index in [1.165, 1.54) is 17.0 Å². The lowest BCUT2D eigenvalue weighted by Crippen LogP contribution is -2.30. The lowest BCUT2D eigenvalue weighted by Gasteiger charge is -2.16. The van der Waals surface area contributed by atoms with E-state index < -0.39 is 12.2 Å². The van der Waals surface area contributed by atoms with E-state index in [4.69, 9.17) is 17.3 Å². The summed E-state index contributed by atoms with van der Waals surface area (Å²) in [7, 11) is 0. The maximum absolute atomic E-state index is 12.1. The van der Waals surface area contributed by atoms with E-state index in [0.717, 1.165) is 0 Å². The van der Waals surface area contributed by atoms with Crippen molar-refractivity contribution in [3.05, 3.63) is 28.8 Å². The predicted octanol–water partition coefficient (Wildman–Crippen LogP) is 0.0998. The van der Waals surface area contributed by atoms with E-state index in [0.29, 0.717) is 16.3 Å². The first-order valence-electron chi connectivity index (χ1n) is 5.19. The summed E-state index contributed by atoms with van der Waals surface area (Å²) in [6, 6.07) is 4.61. The molecule has 1 aliphatic heterocycles. The highest BCUT2D eigenvalue weighted by Gasteiger charge is 2.33. The lowest BCUT2D eigenvalue weighted by molar-refractivity contribution is 0.0572. The molecule has 0 saturated carbocycles. The Kier molecular flexibility index (Phi) is 3.24. The minimum atomic E-state index is -0.896. The van der Waals surface area contributed by atoms with Gasteiger partial charge in [0.15, 0.2) is 0 Å². The number of aliphatic hydroxyl groups is 2. The number of anilines is 1. The Morgan fingerprint density at radius 3 is 2.47 bits per heavy atom. The summed E-state index contributed by atoms with van der Waals surface area (Å²) in [6.07, 6.45) is -1.79. The third-order valence-corrected chi connectivity index (χ3v) is 3.03. The number of amides is 1. The topological polar surface area (TPSA) is 86.8 Å². The Hall–Kier alpha value is -1.30. The minimum absolute atomic E-state index is 0.113. The normalized spacial score (nSPS) is 24.1. The van der Waals surface area contributed by atoms with Gasteiger partial charge in [-0.3, -0.25) is 4.79 Å². The fourth-order valence-electron chi connectivity index (χ4n) is 1.83. The first kappa shape index (κ1) is 12.2. The number of aliphatic hydroxyl groups excluding tert-OH is 2. The number of likely N-dealkylation sites (tertiary alicyclic amines) is 1. The molecular formula is C11H13ClN2O3. The van der Waals surface area contributed by atoms with Crippen LogP contribution in [-0.4, -0.2) is 46.3 Å². The Labute approximate surface area is 103 Å². The van der Waals surface area contributed by atoms with E-state index in [1.54, 1.807) is 6.07 Å². The summed E-state index contributed by atoms with van der Waals surface area (Å²) in [5.41, 5.74) is 6.32. The van der Waals surface area contributed by atoms with Gasteiger partial charge in [-0.15, -0.1) is 0 Å². The molecule has 1 aliphatic rings. The summed E-state index contributed by atoms with van der Waals surface area (Å²) >= 11 is 5.74. The minimum Gasteiger partial charge on any atom is -0.398 e. The van der Waals surface area contributed by atoms with E-state index >= 15 is 0 Å². The van der Waals surface area contributed by atoms with Gasteiger partial charge in [-0.05, 0) is 18.2 Å². The molecule has 2 unspecified atom stereocenters. The summed E-state index contributed by atoms with van der Waals surface area (Å²) < 4.78 is 0. The molecule has 6 heteroatoms. The molecule has 1 amide bonds. The van der Waals surface area contributed by atoms with E-state index in [9.17, 15) is 15.0 Å². The highest BCUT2D eigenvalue weighted by atomic mass is 35.5. The zero-order valence-corrected chi connectivity index (χ0v) is 9.76. The highest BCUT2D eigenvalue weighted by Crippen LogP contribution is 2.21. The third-order valence-electron chi connectivity index (χ3n) is 2.79. The Morgan fingerprint density at radius 2 is 1.94 bits per heavy atom. The van der Waals surface area contributed by atoms with E-state index in [2.05, 4.69) is 0 Å². The molecule has 92 valence electrons. The van der Waals surface area contributed by atoms with Crippen LogP contribution in [0.4, 0.5) is 5.69 Å². The smallest absolute Gasteiger partial charge is 0.256 e. The number of rotatable bonds is 1. The summed E-state index contributed by atoms with van der Waals surface area (Å²) in [5.74, 6) is -0.310. The number of hydrogen-bond donors (Lipinski definition) is 3. The van der Waals surface area contributed by atoms with Crippen LogP contribution in [0.5, 0.6) is 0 Å². The summed E-state index contributed by atoms with van der Waals surface area (Å²) in [4.78, 5) is 13.4. The number of nitrogen functional groups attached to an aromatic ring is 1. The lowest BCUT2D eigenvalue weighted by atomic mass is 10.1. The van der Waals surface area contributed by atoms with Gasteiger partial charge in [0.2, 0.25) is 0 Å². The largest absolute Gasteiger partial charge is 0.398 e. The third kappa shape index (κ3) is 2.36. The molecule has 1 heterocycles. The van der Waals surface area contributed by atoms with Crippen molar-refractivity contribution in [2.45, 2.75) is 12.2 Å². The number of carbonyl (C=O) groups excluding carboxylic acids is 1. The van der Waals surface area contributed by atoms with Crippen LogP contribution in [-0.2, 0) is 0 Å². The zero-order chi connectivity index (χ0) is 12.6. The molecule has 1 aromatic carbocycles. The quantitative estimate of drug-likeness (QED) is 0.622. The van der Waals surface area contributed by atoms with Gasteiger partial charge in [-0.1, -0.05) is 11.6 Å². The number of hydrogen-bond acceptors (Lipinski definition) is 4. The summed E-state index contributed by atoms with van der Waals surface area (Å²) in [5, 5.41) is 19.2. The molecule has 4 N–H and O–H groups in total. The van der Waals surface area contributed by atoms with Gasteiger partial charge >= 0.3 is 0 Å². The zero-order valence-electron chi connectivity index (χ0n) is 9.01. The van der Waals surface area contributed by atoms with Crippen molar-refractivity contribution in [2.75, 3.05) is 18.8 Å². The van der Waals surface area contributed by atoms with Gasteiger partial charge in [0.1, 0.15) is 0 Å². The van der Waals surface area contributed by atoms with Crippen LogP contribution in [0.3, 0.4) is 0 Å². The first-order valence-corrected chi connectivity index (χ1v) is 5.57. The molecule has 0 radical (unpaired) electrons. The second-order valence-electron chi connectivity index (χ2n) is 4.08. The van der Waals surface area contributed by atoms with Gasteiger partial charge in [0, 0.05) is 23.8 Å². The van der Waals surface area contributed by atoms with Crippen molar-refractivity contribution >= 4 is 23.2 Å². The van der Waals surface area contributed by atoms with Crippen LogP contribution >= 0.6 is 11.6 Å². The molecule has 0 bridgehead atoms. The molecule has 2 atom stereocenters. The standard InChI is InChI=1S/C11H13ClN2O3/c12-6-1-2-7(8(13)3-6)11(17)14-4-9(15)10(16)5-14/h1-3,9-10,15-16H,4-5,13H2. The van der Waals surface area contributed by atoms with Crippen LogP contribution in [0, 0.1) is 0 Å². The molecule has 0 aliphatic carbocycles. The molecule has 1 saturated heterocycles. The highest BCUT2D eigenvalue weighted by molar-refractivity contribution is 6.31. The first-order chi connectivity index (χ1) is 7.99. The van der Waals surface area contributed by atoms with Gasteiger partial charge in [0.05, 0.1) is 17.8 Å². The van der Waals surface area contributed by atoms with Crippen molar-refractivity contribution in [2.24, 2.45) is 0 Å². The Balaban J connectivity index is 2.20. The number of carbonyl (C=O) groups is 1. The average Bonchev–Trinajstić information content (AvgIpc) is 2.58. The molecule has 1 aromatic rings. The summed E-state index contributed by atoms with van der Waals surface area (Å²) in [6.45, 7) is 0.226. The molecule has 2 rings (SSSR count). The average molecular weight is 257 g/mol. The van der Waals surface area contributed by atoms with Gasteiger partial charge in [0.25, 0.3) is 5.91 Å². The maximum Gasteiger partial charge on any atom is 0.256 e. The van der Waals surface area contributed by atoms with Crippen molar-refractivity contribution in [1.82, 2.24) is 4.90 Å². The number of nitrogens with two attached hydrogens (primary N) is 1. The number of halogens is 1. The SMILES string of the molecule is Nc1cc(Cl)ccc1C(=O)N1CC(O)C(O)C1. The van der Waals surface area contributed by atoms with Crippen LogP contribution in [0.2, 0.25) is 5.02 Å². The van der Waals surface area contributed by atoms with Crippen molar-refractivity contribution in [1.29, 1.82) is 0 Å². The van der Waals surface area contributed by atoms with Crippen LogP contribution in [0.25, 0.3) is 0 Å². The fourth-order valence-corrected chi connectivity index (χ4v) is 2.01. The van der Waals surface area contributed by atoms with Crippen molar-refractivity contribution in [3.63, 3.8) is 0 Å². The van der Waals surface area contributed by atoms with Gasteiger partial charge in [-0.2, -0.15) is 0 Å². The predicted molar refractivity (Wildman–Crippen MR) is 63.8 cm³/mol. The molecule has 0 aromatic heterocycles. The Bertz CT molecular complexity index is 442. The van der Waals surface area contributed by atoms with E-state index in [-0.39, 0.29) is 19.0 Å². The van der Waals surface area contributed by atoms with Crippen LogP contribution in [0.1, 0.15) is 10.4 Å². The fraction of sp³-hybridized carbons (Fsp3) is 0.364.